The molecule has 0 atom stereocenters. The molecule has 0 aliphatic rings. The summed E-state index contributed by atoms with van der Waals surface area (Å²) in [5.41, 5.74) is 0. The van der Waals surface area contributed by atoms with Gasteiger partial charge in [0.2, 0.25) is 0 Å². The van der Waals surface area contributed by atoms with E-state index in [-0.39, 0.29) is 6.79 Å². The van der Waals surface area contributed by atoms with Crippen LogP contribution in [0.3, 0.4) is 0 Å². The number of ether oxygens (including phenoxy) is 4. The molecular weight excluding hydrogens is 316 g/mol. The van der Waals surface area contributed by atoms with Gasteiger partial charge in [0.05, 0.1) is 19.8 Å². The molecule has 0 amide bonds. The molecule has 0 aromatic heterocycles. The predicted octanol–water partition coefficient (Wildman–Crippen LogP) is 6.55. The van der Waals surface area contributed by atoms with Crippen molar-refractivity contribution in [2.45, 2.75) is 98.3 Å². The van der Waals surface area contributed by atoms with E-state index in [2.05, 4.69) is 13.8 Å². The second-order valence-corrected chi connectivity index (χ2v) is 6.33. The van der Waals surface area contributed by atoms with E-state index < -0.39 is 0 Å². The van der Waals surface area contributed by atoms with Gasteiger partial charge in [0, 0.05) is 6.42 Å². The zero-order valence-electron chi connectivity index (χ0n) is 17.2. The number of hydrogen-bond acceptors (Lipinski definition) is 4. The average molecular weight is 359 g/mol. The Hall–Kier alpha value is -0.900. The summed E-state index contributed by atoms with van der Waals surface area (Å²) >= 11 is 0. The van der Waals surface area contributed by atoms with Crippen LogP contribution in [0.15, 0.2) is 11.7 Å². The van der Waals surface area contributed by atoms with Crippen molar-refractivity contribution in [3.63, 3.8) is 0 Å². The molecule has 0 unspecified atom stereocenters. The lowest BCUT2D eigenvalue weighted by Crippen LogP contribution is -2.09. The van der Waals surface area contributed by atoms with Gasteiger partial charge in [-0.25, -0.2) is 0 Å². The molecule has 0 N–H and O–H groups in total. The molecule has 0 aromatic carbocycles. The molecule has 0 heterocycles. The molecule has 0 saturated heterocycles. The maximum atomic E-state index is 5.72. The summed E-state index contributed by atoms with van der Waals surface area (Å²) in [4.78, 5) is 0. The van der Waals surface area contributed by atoms with Gasteiger partial charge in [0.1, 0.15) is 0 Å². The second kappa shape index (κ2) is 19.4. The summed E-state index contributed by atoms with van der Waals surface area (Å²) in [7, 11) is 0. The predicted molar refractivity (Wildman–Crippen MR) is 104 cm³/mol. The van der Waals surface area contributed by atoms with Gasteiger partial charge in [0.25, 0.3) is 0 Å². The van der Waals surface area contributed by atoms with E-state index >= 15 is 0 Å². The number of hydrogen-bond donors (Lipinski definition) is 0. The highest BCUT2D eigenvalue weighted by Crippen LogP contribution is 2.17. The van der Waals surface area contributed by atoms with E-state index in [4.69, 9.17) is 18.9 Å². The summed E-state index contributed by atoms with van der Waals surface area (Å²) in [6, 6.07) is 0. The van der Waals surface area contributed by atoms with Gasteiger partial charge in [-0.2, -0.15) is 0 Å². The minimum Gasteiger partial charge on any atom is -0.491 e. The fraction of sp³-hybridized carbons (Fsp3) is 0.905. The van der Waals surface area contributed by atoms with Gasteiger partial charge >= 0.3 is 5.95 Å². The Kier molecular flexibility index (Phi) is 18.7. The van der Waals surface area contributed by atoms with Crippen molar-refractivity contribution in [2.24, 2.45) is 0 Å². The van der Waals surface area contributed by atoms with Crippen LogP contribution in [-0.4, -0.2) is 26.6 Å². The molecule has 150 valence electrons. The third-order valence-corrected chi connectivity index (χ3v) is 3.99. The van der Waals surface area contributed by atoms with E-state index in [1.807, 2.05) is 13.8 Å². The fourth-order valence-electron chi connectivity index (χ4n) is 2.59. The fourth-order valence-corrected chi connectivity index (χ4v) is 2.59. The maximum absolute atomic E-state index is 5.72. The Morgan fingerprint density at radius 1 is 0.600 bits per heavy atom. The van der Waals surface area contributed by atoms with Crippen LogP contribution in [0.25, 0.3) is 0 Å². The van der Waals surface area contributed by atoms with Crippen LogP contribution in [0.2, 0.25) is 0 Å². The molecule has 0 radical (unpaired) electrons. The summed E-state index contributed by atoms with van der Waals surface area (Å²) in [5, 5.41) is 0. The monoisotopic (exact) mass is 358 g/mol. The van der Waals surface area contributed by atoms with Crippen molar-refractivity contribution in [1.29, 1.82) is 0 Å². The number of allylic oxidation sites excluding steroid dienone is 1. The Bertz CT molecular complexity index is 302. The smallest absolute Gasteiger partial charge is 0.321 e. The van der Waals surface area contributed by atoms with E-state index in [1.54, 1.807) is 0 Å². The molecule has 25 heavy (non-hydrogen) atoms. The Morgan fingerprint density at radius 2 is 1.20 bits per heavy atom. The van der Waals surface area contributed by atoms with Crippen molar-refractivity contribution >= 4 is 0 Å². The van der Waals surface area contributed by atoms with Gasteiger partial charge in [0.15, 0.2) is 12.6 Å². The van der Waals surface area contributed by atoms with Crippen LogP contribution in [0, 0.1) is 0 Å². The van der Waals surface area contributed by atoms with Crippen LogP contribution in [0.4, 0.5) is 0 Å². The maximum Gasteiger partial charge on any atom is 0.321 e. The lowest BCUT2D eigenvalue weighted by atomic mass is 10.1. The summed E-state index contributed by atoms with van der Waals surface area (Å²) in [5.74, 6) is 1.32. The number of rotatable bonds is 19. The van der Waals surface area contributed by atoms with Crippen molar-refractivity contribution in [1.82, 2.24) is 0 Å². The van der Waals surface area contributed by atoms with Gasteiger partial charge in [-0.3, -0.25) is 0 Å². The molecule has 0 saturated carbocycles. The standard InChI is InChI=1S/C21H42O4/c1-5-9-11-12-13-14-16-18-22-19-25-21(24-8-4)20(23-7-3)17-15-10-6-2/h5-19H2,1-4H3. The Balaban J connectivity index is 4.00. The SMILES string of the molecule is CCCCCCCCCOCOC(OCC)=C(CCCCC)OCC. The van der Waals surface area contributed by atoms with Crippen LogP contribution < -0.4 is 0 Å². The molecule has 4 heteroatoms. The van der Waals surface area contributed by atoms with Crippen LogP contribution in [0.5, 0.6) is 0 Å². The third kappa shape index (κ3) is 15.1. The molecule has 0 aliphatic heterocycles. The largest absolute Gasteiger partial charge is 0.491 e. The molecule has 0 bridgehead atoms. The highest BCUT2D eigenvalue weighted by atomic mass is 16.7. The quantitative estimate of drug-likeness (QED) is 0.149. The van der Waals surface area contributed by atoms with Crippen molar-refractivity contribution in [3.05, 3.63) is 11.7 Å². The number of unbranched alkanes of at least 4 members (excludes halogenated alkanes) is 8. The van der Waals surface area contributed by atoms with E-state index in [9.17, 15) is 0 Å². The molecule has 0 fully saturated rings. The lowest BCUT2D eigenvalue weighted by Gasteiger charge is -2.16. The van der Waals surface area contributed by atoms with Crippen molar-refractivity contribution in [2.75, 3.05) is 26.6 Å². The Labute approximate surface area is 156 Å². The van der Waals surface area contributed by atoms with Gasteiger partial charge in [-0.1, -0.05) is 65.2 Å². The topological polar surface area (TPSA) is 36.9 Å². The van der Waals surface area contributed by atoms with Gasteiger partial charge < -0.3 is 18.9 Å². The first-order valence-corrected chi connectivity index (χ1v) is 10.5. The first kappa shape index (κ1) is 24.1. The van der Waals surface area contributed by atoms with Crippen molar-refractivity contribution in [3.8, 4) is 0 Å². The molecule has 0 aromatic rings. The van der Waals surface area contributed by atoms with E-state index in [1.165, 1.54) is 51.4 Å². The molecule has 0 spiro atoms. The Morgan fingerprint density at radius 3 is 1.84 bits per heavy atom. The molecule has 0 rings (SSSR count). The first-order valence-electron chi connectivity index (χ1n) is 10.5. The average Bonchev–Trinajstić information content (AvgIpc) is 2.62. The van der Waals surface area contributed by atoms with Crippen LogP contribution >= 0.6 is 0 Å². The summed E-state index contributed by atoms with van der Waals surface area (Å²) in [6.07, 6.45) is 13.3. The van der Waals surface area contributed by atoms with E-state index in [0.717, 1.165) is 31.6 Å². The third-order valence-electron chi connectivity index (χ3n) is 3.99. The molecular formula is C21H42O4. The molecule has 0 aliphatic carbocycles. The van der Waals surface area contributed by atoms with E-state index in [0.29, 0.717) is 19.2 Å². The molecule has 4 nitrogen and oxygen atoms in total. The first-order chi connectivity index (χ1) is 12.3. The summed E-state index contributed by atoms with van der Waals surface area (Å²) in [6.45, 7) is 10.6. The van der Waals surface area contributed by atoms with Crippen LogP contribution in [-0.2, 0) is 18.9 Å². The zero-order valence-corrected chi connectivity index (χ0v) is 17.2. The zero-order chi connectivity index (χ0) is 18.6. The highest BCUT2D eigenvalue weighted by molar-refractivity contribution is 4.95. The minimum atomic E-state index is 0.232. The normalized spacial score (nSPS) is 12.0. The van der Waals surface area contributed by atoms with Crippen molar-refractivity contribution < 1.29 is 18.9 Å². The summed E-state index contributed by atoms with van der Waals surface area (Å²) < 4.78 is 22.6. The lowest BCUT2D eigenvalue weighted by molar-refractivity contribution is -0.0823. The van der Waals surface area contributed by atoms with Crippen LogP contribution in [0.1, 0.15) is 98.3 Å². The second-order valence-electron chi connectivity index (χ2n) is 6.33. The van der Waals surface area contributed by atoms with Gasteiger partial charge in [-0.05, 0) is 26.7 Å². The minimum absolute atomic E-state index is 0.232. The highest BCUT2D eigenvalue weighted by Gasteiger charge is 2.11. The van der Waals surface area contributed by atoms with Gasteiger partial charge in [-0.15, -0.1) is 0 Å².